The van der Waals surface area contributed by atoms with Crippen molar-refractivity contribution in [2.75, 3.05) is 0 Å². The van der Waals surface area contributed by atoms with Gasteiger partial charge in [-0.1, -0.05) is 73.5 Å². The van der Waals surface area contributed by atoms with Crippen LogP contribution in [0.3, 0.4) is 0 Å². The number of nitrogens with zero attached hydrogens (tertiary/aromatic N) is 2. The van der Waals surface area contributed by atoms with Crippen molar-refractivity contribution in [2.45, 2.75) is 37.5 Å². The number of furan rings is 1. The molecule has 4 aromatic carbocycles. The van der Waals surface area contributed by atoms with Crippen LogP contribution in [-0.4, -0.2) is 13.3 Å². The molecule has 0 aliphatic carbocycles. The molecule has 257 valence electrons. The standard InChI is InChI=1S/C29H26NO.C16H20GeN.Ir/c1-19(2)16-21-14-15-30(4)26(17-21)28-20(3)10-12-24-25-18-23(22-8-6-5-7-9-22)11-13-27(25)31-29(24)28;1-13-8-6-7-9-15(13)16-11-10-14(12-18(16)5)17(2,3)4;/h5-15,17-19H,3-4,16H2,1-2H3;6-12H,1,5H2,2-4H3;/q2*-1;. The van der Waals surface area contributed by atoms with Crippen LogP contribution in [0, 0.1) is 33.9 Å². The summed E-state index contributed by atoms with van der Waals surface area (Å²) in [4.78, 5) is 0. The number of fused-ring (bicyclic) bond motifs is 3. The van der Waals surface area contributed by atoms with E-state index in [2.05, 4.69) is 150 Å². The minimum absolute atomic E-state index is 0. The van der Waals surface area contributed by atoms with Crippen molar-refractivity contribution in [3.63, 3.8) is 0 Å². The van der Waals surface area contributed by atoms with Gasteiger partial charge in [-0.15, -0.1) is 6.07 Å². The predicted octanol–water partition coefficient (Wildman–Crippen LogP) is 10.2. The van der Waals surface area contributed by atoms with Crippen LogP contribution in [0.5, 0.6) is 0 Å². The Hall–Kier alpha value is -4.35. The van der Waals surface area contributed by atoms with E-state index in [9.17, 15) is 0 Å². The molecule has 3 heterocycles. The monoisotopic (exact) mass is 897 g/mol. The van der Waals surface area contributed by atoms with Crippen LogP contribution in [0.4, 0.5) is 0 Å². The van der Waals surface area contributed by atoms with Gasteiger partial charge in [-0.25, -0.2) is 0 Å². The fraction of sp³-hybridized carbons (Fsp3) is 0.156. The third-order valence-corrected chi connectivity index (χ3v) is 13.3. The van der Waals surface area contributed by atoms with Gasteiger partial charge in [0.1, 0.15) is 5.58 Å². The average Bonchev–Trinajstić information content (AvgIpc) is 3.44. The van der Waals surface area contributed by atoms with E-state index in [-0.39, 0.29) is 20.1 Å². The number of hydrogen-bond acceptors (Lipinski definition) is 1. The van der Waals surface area contributed by atoms with E-state index in [1.54, 1.807) is 0 Å². The fourth-order valence-corrected chi connectivity index (χ4v) is 8.73. The van der Waals surface area contributed by atoms with Crippen LogP contribution >= 0.6 is 0 Å². The molecule has 0 amide bonds. The summed E-state index contributed by atoms with van der Waals surface area (Å²) >= 11 is -1.78. The molecule has 0 fully saturated rings. The van der Waals surface area contributed by atoms with E-state index in [4.69, 9.17) is 4.42 Å². The van der Waals surface area contributed by atoms with Crippen molar-refractivity contribution in [2.24, 2.45) is 5.92 Å². The van der Waals surface area contributed by atoms with Gasteiger partial charge < -0.3 is 8.98 Å². The maximum absolute atomic E-state index is 6.40. The number of hydrogen-bond donors (Lipinski definition) is 0. The SMILES string of the molecule is [CH2-]c1ccc2c(oc3ccc(-c4ccccc4)cc32)c1-c1cc(CC(C)C)cc[n+]1[CH2-].[CH2-]c1ccccc1-c1cc[c]([Ge]([CH3])([CH3])[CH3])c[n+]1[CH2-].[Ir]. The van der Waals surface area contributed by atoms with Gasteiger partial charge in [-0.05, 0) is 35.6 Å². The Kier molecular flexibility index (Phi) is 11.3. The molecule has 0 aliphatic rings. The Morgan fingerprint density at radius 3 is 2.08 bits per heavy atom. The topological polar surface area (TPSA) is 20.9 Å². The molecule has 50 heavy (non-hydrogen) atoms. The molecule has 0 aliphatic heterocycles. The molecule has 0 spiro atoms. The van der Waals surface area contributed by atoms with Crippen molar-refractivity contribution < 1.29 is 33.7 Å². The Balaban J connectivity index is 0.000000219. The number of rotatable bonds is 6. The summed E-state index contributed by atoms with van der Waals surface area (Å²) in [6.07, 6.45) is 5.24. The first-order chi connectivity index (χ1) is 23.4. The Morgan fingerprint density at radius 1 is 0.680 bits per heavy atom. The first-order valence-electron chi connectivity index (χ1n) is 16.9. The molecule has 0 saturated heterocycles. The predicted molar refractivity (Wildman–Crippen MR) is 209 cm³/mol. The molecule has 0 atom stereocenters. The molecule has 7 aromatic rings. The zero-order valence-electron chi connectivity index (χ0n) is 29.8. The largest absolute Gasteiger partial charge is 0 e. The molecule has 0 bridgehead atoms. The van der Waals surface area contributed by atoms with E-state index in [1.807, 2.05) is 39.6 Å². The maximum atomic E-state index is 6.40. The molecule has 0 saturated carbocycles. The smallest absolute Gasteiger partial charge is 0 e. The fourth-order valence-electron chi connectivity index (χ4n) is 6.36. The van der Waals surface area contributed by atoms with Gasteiger partial charge in [-0.3, -0.25) is 0 Å². The molecule has 5 heteroatoms. The quantitative estimate of drug-likeness (QED) is 0.0926. The second kappa shape index (κ2) is 15.3. The summed E-state index contributed by atoms with van der Waals surface area (Å²) in [6, 6.07) is 38.0. The van der Waals surface area contributed by atoms with E-state index in [0.29, 0.717) is 5.92 Å². The van der Waals surface area contributed by atoms with Crippen molar-refractivity contribution in [3.05, 3.63) is 166 Å². The van der Waals surface area contributed by atoms with Gasteiger partial charge in [0.25, 0.3) is 0 Å². The first kappa shape index (κ1) is 36.9. The first-order valence-corrected chi connectivity index (χ1v) is 24.3. The van der Waals surface area contributed by atoms with Crippen LogP contribution < -0.4 is 13.5 Å². The van der Waals surface area contributed by atoms with E-state index >= 15 is 0 Å². The number of pyridine rings is 2. The summed E-state index contributed by atoms with van der Waals surface area (Å²) in [5.74, 6) is 7.77. The zero-order chi connectivity index (χ0) is 34.9. The molecule has 0 unspecified atom stereocenters. The van der Waals surface area contributed by atoms with Crippen molar-refractivity contribution in [3.8, 4) is 33.6 Å². The second-order valence-corrected chi connectivity index (χ2v) is 25.0. The second-order valence-electron chi connectivity index (χ2n) is 14.3. The molecule has 7 rings (SSSR count). The Bertz CT molecular complexity index is 2260. The number of benzene rings is 4. The summed E-state index contributed by atoms with van der Waals surface area (Å²) in [6.45, 7) is 12.9. The molecule has 1 radical (unpaired) electrons. The summed E-state index contributed by atoms with van der Waals surface area (Å²) in [5.41, 5.74) is 11.7. The van der Waals surface area contributed by atoms with E-state index in [1.165, 1.54) is 21.1 Å². The van der Waals surface area contributed by atoms with Crippen LogP contribution in [-0.2, 0) is 26.5 Å². The van der Waals surface area contributed by atoms with Crippen LogP contribution in [0.15, 0.2) is 126 Å². The van der Waals surface area contributed by atoms with Crippen molar-refractivity contribution >= 4 is 39.6 Å². The summed E-state index contributed by atoms with van der Waals surface area (Å²) in [5, 5.41) is 2.22. The van der Waals surface area contributed by atoms with Crippen LogP contribution in [0.1, 0.15) is 30.5 Å². The van der Waals surface area contributed by atoms with Gasteiger partial charge in [0.05, 0.1) is 17.5 Å². The van der Waals surface area contributed by atoms with Crippen molar-refractivity contribution in [1.29, 1.82) is 0 Å². The summed E-state index contributed by atoms with van der Waals surface area (Å²) < 4.78 is 11.8. The Labute approximate surface area is 314 Å². The third kappa shape index (κ3) is 7.84. The average molecular weight is 896 g/mol. The molecule has 0 N–H and O–H groups in total. The van der Waals surface area contributed by atoms with Crippen LogP contribution in [0.25, 0.3) is 55.6 Å². The van der Waals surface area contributed by atoms with Gasteiger partial charge in [-0.2, -0.15) is 18.6 Å². The van der Waals surface area contributed by atoms with Gasteiger partial charge in [0.2, 0.25) is 0 Å². The normalized spacial score (nSPS) is 11.3. The minimum Gasteiger partial charge on any atom is 0 e. The number of aromatic nitrogens is 2. The Morgan fingerprint density at radius 2 is 1.40 bits per heavy atom. The molecular formula is C45H46GeIrN2O-2. The maximum Gasteiger partial charge on any atom is 0 e. The van der Waals surface area contributed by atoms with Crippen LogP contribution in [0.2, 0.25) is 17.3 Å². The zero-order valence-corrected chi connectivity index (χ0v) is 34.3. The summed E-state index contributed by atoms with van der Waals surface area (Å²) in [7, 11) is 8.35. The van der Waals surface area contributed by atoms with E-state index in [0.717, 1.165) is 62.0 Å². The molecule has 3 nitrogen and oxygen atoms in total. The van der Waals surface area contributed by atoms with Gasteiger partial charge in [0, 0.05) is 37.9 Å². The molecular weight excluding hydrogens is 849 g/mol. The van der Waals surface area contributed by atoms with Gasteiger partial charge >= 0.3 is 113 Å². The third-order valence-electron chi connectivity index (χ3n) is 9.02. The van der Waals surface area contributed by atoms with Crippen molar-refractivity contribution in [1.82, 2.24) is 0 Å². The molecule has 3 aromatic heterocycles. The minimum atomic E-state index is -1.78. The van der Waals surface area contributed by atoms with E-state index < -0.39 is 13.3 Å². The van der Waals surface area contributed by atoms with Gasteiger partial charge in [0.15, 0.2) is 0 Å².